The summed E-state index contributed by atoms with van der Waals surface area (Å²) in [6, 6.07) is 6.87. The van der Waals surface area contributed by atoms with Gasteiger partial charge in [0, 0.05) is 0 Å². The molecule has 0 radical (unpaired) electrons. The largest absolute Gasteiger partial charge is 0.497 e. The average Bonchev–Trinajstić information content (AvgIpc) is 2.65. The van der Waals surface area contributed by atoms with Crippen molar-refractivity contribution in [2.24, 2.45) is 0 Å². The molecule has 0 N–H and O–H groups in total. The van der Waals surface area contributed by atoms with Gasteiger partial charge in [0.25, 0.3) is 0 Å². The Kier molecular flexibility index (Phi) is 5.85. The van der Waals surface area contributed by atoms with Gasteiger partial charge < -0.3 is 4.74 Å². The van der Waals surface area contributed by atoms with Crippen molar-refractivity contribution in [2.45, 2.75) is 5.75 Å². The topological polar surface area (TPSA) is 67.2 Å². The summed E-state index contributed by atoms with van der Waals surface area (Å²) in [5, 5.41) is 9.03. The molecular weight excluding hydrogens is 393 g/mol. The normalized spacial score (nSPS) is 12.0. The summed E-state index contributed by atoms with van der Waals surface area (Å²) >= 11 is 0. The number of nitrogens with zero attached hydrogens (tertiary/aromatic N) is 1. The maximum Gasteiger partial charge on any atom is 0.200 e. The lowest BCUT2D eigenvalue weighted by Crippen LogP contribution is -2.09. The van der Waals surface area contributed by atoms with E-state index in [2.05, 4.69) is 0 Å². The van der Waals surface area contributed by atoms with Gasteiger partial charge in [-0.15, -0.1) is 0 Å². The molecule has 0 bridgehead atoms. The summed E-state index contributed by atoms with van der Waals surface area (Å²) in [5.41, 5.74) is -1.30. The zero-order chi connectivity index (χ0) is 20.4. The fourth-order valence-corrected chi connectivity index (χ4v) is 3.31. The van der Waals surface area contributed by atoms with E-state index in [9.17, 15) is 30.4 Å². The molecule has 0 aromatic heterocycles. The Hall–Kier alpha value is -2.93. The highest BCUT2D eigenvalue weighted by Crippen LogP contribution is 2.27. The van der Waals surface area contributed by atoms with Crippen LogP contribution in [0.3, 0.4) is 0 Å². The minimum absolute atomic E-state index is 0.120. The highest BCUT2D eigenvalue weighted by atomic mass is 32.2. The molecule has 2 rings (SSSR count). The molecule has 0 amide bonds. The van der Waals surface area contributed by atoms with Gasteiger partial charge in [-0.2, -0.15) is 5.26 Å². The number of hydrogen-bond acceptors (Lipinski definition) is 4. The standard InChI is InChI=1S/C17H10F5NO3S/c1-26-10-4-2-9(3-5-10)8-27(24,25)11(7-23)6-12-13(18)15(20)17(22)16(21)14(12)19/h2-6H,8H2,1H3/b11-6+. The highest BCUT2D eigenvalue weighted by molar-refractivity contribution is 7.95. The number of nitriles is 1. The maximum atomic E-state index is 13.7. The average molecular weight is 403 g/mol. The number of rotatable bonds is 5. The SMILES string of the molecule is COc1ccc(CS(=O)(=O)/C(C#N)=C/c2c(F)c(F)c(F)c(F)c2F)cc1. The van der Waals surface area contributed by atoms with Crippen molar-refractivity contribution in [1.82, 2.24) is 0 Å². The number of ether oxygens (including phenoxy) is 1. The van der Waals surface area contributed by atoms with Gasteiger partial charge in [0.05, 0.1) is 18.4 Å². The molecule has 0 spiro atoms. The summed E-state index contributed by atoms with van der Waals surface area (Å²) in [5.74, 6) is -11.6. The van der Waals surface area contributed by atoms with Crippen LogP contribution in [0.5, 0.6) is 5.75 Å². The van der Waals surface area contributed by atoms with Gasteiger partial charge in [0.2, 0.25) is 5.82 Å². The summed E-state index contributed by atoms with van der Waals surface area (Å²) in [7, 11) is -3.03. The van der Waals surface area contributed by atoms with Gasteiger partial charge in [-0.05, 0) is 23.8 Å². The van der Waals surface area contributed by atoms with E-state index in [4.69, 9.17) is 10.00 Å². The van der Waals surface area contributed by atoms with Crippen molar-refractivity contribution in [2.75, 3.05) is 7.11 Å². The molecule has 2 aromatic carbocycles. The molecule has 4 nitrogen and oxygen atoms in total. The van der Waals surface area contributed by atoms with Gasteiger partial charge >= 0.3 is 0 Å². The lowest BCUT2D eigenvalue weighted by atomic mass is 10.1. The first-order valence-corrected chi connectivity index (χ1v) is 8.76. The Morgan fingerprint density at radius 3 is 1.93 bits per heavy atom. The molecule has 0 heterocycles. The van der Waals surface area contributed by atoms with Crippen molar-refractivity contribution >= 4 is 15.9 Å². The van der Waals surface area contributed by atoms with Gasteiger partial charge in [-0.3, -0.25) is 0 Å². The molecule has 142 valence electrons. The van der Waals surface area contributed by atoms with Crippen LogP contribution in [0.4, 0.5) is 22.0 Å². The molecule has 0 fully saturated rings. The third kappa shape index (κ3) is 4.09. The van der Waals surface area contributed by atoms with E-state index in [1.54, 1.807) is 0 Å². The predicted octanol–water partition coefficient (Wildman–Crippen LogP) is 3.87. The Bertz CT molecular complexity index is 1030. The Labute approximate surface area is 151 Å². The minimum atomic E-state index is -4.43. The zero-order valence-electron chi connectivity index (χ0n) is 13.6. The second kappa shape index (κ2) is 7.75. The number of hydrogen-bond donors (Lipinski definition) is 0. The first-order chi connectivity index (χ1) is 12.6. The van der Waals surface area contributed by atoms with E-state index in [0.29, 0.717) is 5.75 Å². The molecule has 0 aliphatic heterocycles. The number of methoxy groups -OCH3 is 1. The van der Waals surface area contributed by atoms with Crippen LogP contribution in [0.2, 0.25) is 0 Å². The van der Waals surface area contributed by atoms with E-state index >= 15 is 0 Å². The quantitative estimate of drug-likeness (QED) is 0.329. The van der Waals surface area contributed by atoms with Gasteiger partial charge in [0.1, 0.15) is 16.7 Å². The van der Waals surface area contributed by atoms with E-state index in [-0.39, 0.29) is 11.6 Å². The van der Waals surface area contributed by atoms with Crippen LogP contribution in [0.1, 0.15) is 11.1 Å². The van der Waals surface area contributed by atoms with E-state index < -0.39 is 55.1 Å². The Morgan fingerprint density at radius 1 is 1.00 bits per heavy atom. The van der Waals surface area contributed by atoms with E-state index in [0.717, 1.165) is 0 Å². The lowest BCUT2D eigenvalue weighted by molar-refractivity contribution is 0.377. The fraction of sp³-hybridized carbons (Fsp3) is 0.118. The molecule has 0 unspecified atom stereocenters. The van der Waals surface area contributed by atoms with E-state index in [1.807, 2.05) is 0 Å². The summed E-state index contributed by atoms with van der Waals surface area (Å²) in [6.45, 7) is 0. The van der Waals surface area contributed by atoms with Crippen molar-refractivity contribution < 1.29 is 35.1 Å². The smallest absolute Gasteiger partial charge is 0.200 e. The number of benzene rings is 2. The Balaban J connectivity index is 2.51. The van der Waals surface area contributed by atoms with Gasteiger partial charge in [-0.25, -0.2) is 30.4 Å². The van der Waals surface area contributed by atoms with Gasteiger partial charge in [-0.1, -0.05) is 12.1 Å². The van der Waals surface area contributed by atoms with Crippen molar-refractivity contribution in [3.05, 3.63) is 69.4 Å². The molecule has 0 aliphatic rings. The minimum Gasteiger partial charge on any atom is -0.497 e. The van der Waals surface area contributed by atoms with Crippen LogP contribution >= 0.6 is 0 Å². The lowest BCUT2D eigenvalue weighted by Gasteiger charge is -2.07. The number of sulfone groups is 1. The number of halogens is 5. The van der Waals surface area contributed by atoms with Crippen LogP contribution in [-0.2, 0) is 15.6 Å². The molecular formula is C17H10F5NO3S. The second-order valence-electron chi connectivity index (χ2n) is 5.21. The highest BCUT2D eigenvalue weighted by Gasteiger charge is 2.27. The molecule has 2 aromatic rings. The second-order valence-corrected chi connectivity index (χ2v) is 7.17. The first-order valence-electron chi connectivity index (χ1n) is 7.11. The summed E-state index contributed by atoms with van der Waals surface area (Å²) in [4.78, 5) is -1.15. The zero-order valence-corrected chi connectivity index (χ0v) is 14.4. The third-order valence-corrected chi connectivity index (χ3v) is 5.07. The molecule has 0 aliphatic carbocycles. The summed E-state index contributed by atoms with van der Waals surface area (Å²) < 4.78 is 96.5. The van der Waals surface area contributed by atoms with Crippen LogP contribution in [0, 0.1) is 40.4 Å². The Morgan fingerprint density at radius 2 is 1.48 bits per heavy atom. The van der Waals surface area contributed by atoms with Crippen LogP contribution < -0.4 is 4.74 Å². The van der Waals surface area contributed by atoms with Crippen molar-refractivity contribution in [1.29, 1.82) is 5.26 Å². The monoisotopic (exact) mass is 403 g/mol. The fourth-order valence-electron chi connectivity index (χ4n) is 2.09. The molecule has 0 saturated carbocycles. The summed E-state index contributed by atoms with van der Waals surface area (Å²) in [6.07, 6.45) is 0.120. The van der Waals surface area contributed by atoms with Crippen molar-refractivity contribution in [3.63, 3.8) is 0 Å². The van der Waals surface area contributed by atoms with Crippen LogP contribution in [0.15, 0.2) is 29.2 Å². The molecule has 27 heavy (non-hydrogen) atoms. The van der Waals surface area contributed by atoms with Crippen molar-refractivity contribution in [3.8, 4) is 11.8 Å². The first kappa shape index (κ1) is 20.4. The third-order valence-electron chi connectivity index (χ3n) is 3.48. The van der Waals surface area contributed by atoms with Crippen LogP contribution in [0.25, 0.3) is 6.08 Å². The molecule has 10 heteroatoms. The molecule has 0 atom stereocenters. The predicted molar refractivity (Wildman–Crippen MR) is 85.4 cm³/mol. The van der Waals surface area contributed by atoms with Gasteiger partial charge in [0.15, 0.2) is 33.1 Å². The van der Waals surface area contributed by atoms with E-state index in [1.165, 1.54) is 37.4 Å². The maximum absolute atomic E-state index is 13.7. The number of allylic oxidation sites excluding steroid dienone is 1. The molecule has 0 saturated heterocycles. The van der Waals surface area contributed by atoms with Crippen LogP contribution in [-0.4, -0.2) is 15.5 Å².